The number of nitrogens with zero attached hydrogens (tertiary/aromatic N) is 1. The molecule has 31 heavy (non-hydrogen) atoms. The summed E-state index contributed by atoms with van der Waals surface area (Å²) < 4.78 is 16.7. The number of benzene rings is 3. The lowest BCUT2D eigenvalue weighted by Crippen LogP contribution is -2.25. The molecule has 0 amide bonds. The molecule has 150 valence electrons. The van der Waals surface area contributed by atoms with Crippen molar-refractivity contribution >= 4 is 21.7 Å². The van der Waals surface area contributed by atoms with Crippen molar-refractivity contribution in [3.8, 4) is 23.3 Å². The lowest BCUT2D eigenvalue weighted by molar-refractivity contribution is 0.174. The van der Waals surface area contributed by atoms with E-state index in [1.165, 1.54) is 0 Å². The number of nitrogens with one attached hydrogen (secondary N) is 1. The second kappa shape index (κ2) is 6.28. The average molecular weight is 409 g/mol. The van der Waals surface area contributed by atoms with Gasteiger partial charge in [0.15, 0.2) is 11.5 Å². The first kappa shape index (κ1) is 17.4. The number of hydrogen-bond acceptors (Lipinski definition) is 6. The van der Waals surface area contributed by atoms with Crippen LogP contribution in [0.15, 0.2) is 70.8 Å². The third-order valence-corrected chi connectivity index (χ3v) is 5.79. The van der Waals surface area contributed by atoms with Gasteiger partial charge in [0.1, 0.15) is 17.4 Å². The molecule has 0 fully saturated rings. The van der Waals surface area contributed by atoms with Gasteiger partial charge in [0.05, 0.1) is 11.4 Å². The number of aromatic nitrogens is 1. The third-order valence-electron chi connectivity index (χ3n) is 5.79. The number of hydrogen-bond donors (Lipinski definition) is 2. The maximum atomic E-state index is 13.2. The Bertz CT molecular complexity index is 1540. The van der Waals surface area contributed by atoms with E-state index >= 15 is 0 Å². The predicted molar refractivity (Wildman–Crippen MR) is 114 cm³/mol. The predicted octanol–water partition coefficient (Wildman–Crippen LogP) is 3.63. The number of nitriles is 1. The number of ether oxygens (including phenoxy) is 3. The lowest BCUT2D eigenvalue weighted by Gasteiger charge is -2.27. The van der Waals surface area contributed by atoms with E-state index in [0.717, 1.165) is 21.7 Å². The molecule has 0 saturated heterocycles. The fourth-order valence-corrected chi connectivity index (χ4v) is 4.38. The van der Waals surface area contributed by atoms with E-state index in [9.17, 15) is 10.1 Å². The van der Waals surface area contributed by atoms with Crippen LogP contribution in [-0.4, -0.2) is 11.8 Å². The number of H-pyrrole nitrogens is 1. The summed E-state index contributed by atoms with van der Waals surface area (Å²) in [6.07, 6.45) is 0. The Morgan fingerprint density at radius 2 is 1.81 bits per heavy atom. The summed E-state index contributed by atoms with van der Waals surface area (Å²) in [5, 5.41) is 12.6. The number of pyridine rings is 1. The molecule has 7 heteroatoms. The lowest BCUT2D eigenvalue weighted by atomic mass is 9.81. The van der Waals surface area contributed by atoms with Crippen LogP contribution in [0.5, 0.6) is 17.2 Å². The molecule has 3 heterocycles. The highest BCUT2D eigenvalue weighted by Crippen LogP contribution is 2.45. The zero-order valence-corrected chi connectivity index (χ0v) is 16.1. The molecular weight excluding hydrogens is 394 g/mol. The fraction of sp³-hybridized carbons (Fsp3) is 0.0833. The summed E-state index contributed by atoms with van der Waals surface area (Å²) in [4.78, 5) is 16.1. The number of aromatic amines is 1. The van der Waals surface area contributed by atoms with Crippen LogP contribution in [-0.2, 0) is 0 Å². The van der Waals surface area contributed by atoms with Gasteiger partial charge in [0.2, 0.25) is 12.7 Å². The van der Waals surface area contributed by atoms with Crippen LogP contribution in [0.1, 0.15) is 17.0 Å². The van der Waals surface area contributed by atoms with Crippen LogP contribution < -0.4 is 25.5 Å². The van der Waals surface area contributed by atoms with E-state index in [1.807, 2.05) is 42.5 Å². The molecule has 1 unspecified atom stereocenters. The summed E-state index contributed by atoms with van der Waals surface area (Å²) in [5.74, 6) is 1.06. The minimum absolute atomic E-state index is 0.000430. The topological polar surface area (TPSA) is 110 Å². The third kappa shape index (κ3) is 2.49. The maximum Gasteiger partial charge on any atom is 0.252 e. The SMILES string of the molecule is N#CC1=C(N)Oc2ccc3ccccc3c2C1c1cc2cc3c(cc2[nH]c1=O)OCO3. The molecular formula is C24H15N3O4. The first-order valence-electron chi connectivity index (χ1n) is 9.70. The van der Waals surface area contributed by atoms with Gasteiger partial charge >= 0.3 is 0 Å². The van der Waals surface area contributed by atoms with Gasteiger partial charge in [0, 0.05) is 22.6 Å². The number of allylic oxidation sites excluding steroid dienone is 1. The molecule has 6 rings (SSSR count). The van der Waals surface area contributed by atoms with Crippen molar-refractivity contribution in [2.24, 2.45) is 5.73 Å². The van der Waals surface area contributed by atoms with E-state index in [4.69, 9.17) is 19.9 Å². The Hall–Kier alpha value is -4.44. The standard InChI is InChI=1S/C24H15N3O4/c25-10-16-21(22-14-4-2-1-3-12(14)5-6-18(22)31-23(16)26)15-7-13-8-19-20(30-11-29-19)9-17(13)27-24(15)28/h1-9,21H,11,26H2,(H,27,28). The number of nitrogens with two attached hydrogens (primary N) is 1. The minimum atomic E-state index is -0.668. The van der Waals surface area contributed by atoms with Gasteiger partial charge in [-0.25, -0.2) is 0 Å². The van der Waals surface area contributed by atoms with Crippen LogP contribution in [0.4, 0.5) is 0 Å². The molecule has 0 aliphatic carbocycles. The van der Waals surface area contributed by atoms with Gasteiger partial charge in [-0.05, 0) is 29.0 Å². The maximum absolute atomic E-state index is 13.2. The first-order chi connectivity index (χ1) is 15.1. The average Bonchev–Trinajstić information content (AvgIpc) is 3.23. The molecule has 3 aromatic carbocycles. The summed E-state index contributed by atoms with van der Waals surface area (Å²) in [6.45, 7) is 0.139. The van der Waals surface area contributed by atoms with Gasteiger partial charge in [-0.1, -0.05) is 30.3 Å². The highest BCUT2D eigenvalue weighted by molar-refractivity contribution is 5.91. The van der Waals surface area contributed by atoms with Crippen LogP contribution in [0.25, 0.3) is 21.7 Å². The van der Waals surface area contributed by atoms with E-state index in [1.54, 1.807) is 12.1 Å². The Kier molecular flexibility index (Phi) is 3.53. The zero-order valence-electron chi connectivity index (χ0n) is 16.1. The van der Waals surface area contributed by atoms with Crippen molar-refractivity contribution in [1.29, 1.82) is 5.26 Å². The molecule has 0 spiro atoms. The second-order valence-electron chi connectivity index (χ2n) is 7.47. The van der Waals surface area contributed by atoms with Crippen molar-refractivity contribution < 1.29 is 14.2 Å². The first-order valence-corrected chi connectivity index (χ1v) is 9.70. The van der Waals surface area contributed by atoms with Gasteiger partial charge in [0.25, 0.3) is 5.56 Å². The molecule has 0 bridgehead atoms. The van der Waals surface area contributed by atoms with Crippen LogP contribution in [0.3, 0.4) is 0 Å². The Morgan fingerprint density at radius 1 is 1.00 bits per heavy atom. The second-order valence-corrected chi connectivity index (χ2v) is 7.47. The van der Waals surface area contributed by atoms with Crippen LogP contribution in [0.2, 0.25) is 0 Å². The number of fused-ring (bicyclic) bond motifs is 5. The molecule has 0 radical (unpaired) electrons. The summed E-state index contributed by atoms with van der Waals surface area (Å²) in [6, 6.07) is 19.0. The summed E-state index contributed by atoms with van der Waals surface area (Å²) in [5.41, 5.74) is 7.77. The van der Waals surface area contributed by atoms with Crippen molar-refractivity contribution in [3.63, 3.8) is 0 Å². The quantitative estimate of drug-likeness (QED) is 0.497. The Morgan fingerprint density at radius 3 is 2.65 bits per heavy atom. The minimum Gasteiger partial charge on any atom is -0.454 e. The van der Waals surface area contributed by atoms with Crippen LogP contribution in [0, 0.1) is 11.3 Å². The van der Waals surface area contributed by atoms with E-state index in [0.29, 0.717) is 28.3 Å². The van der Waals surface area contributed by atoms with E-state index in [2.05, 4.69) is 11.1 Å². The monoisotopic (exact) mass is 409 g/mol. The van der Waals surface area contributed by atoms with Gasteiger partial charge < -0.3 is 24.9 Å². The van der Waals surface area contributed by atoms with Crippen molar-refractivity contribution in [3.05, 3.63) is 87.5 Å². The highest BCUT2D eigenvalue weighted by atomic mass is 16.7. The van der Waals surface area contributed by atoms with E-state index in [-0.39, 0.29) is 23.8 Å². The molecule has 2 aliphatic rings. The Balaban J connectivity index is 1.67. The smallest absolute Gasteiger partial charge is 0.252 e. The highest BCUT2D eigenvalue weighted by Gasteiger charge is 2.34. The molecule has 4 aromatic rings. The van der Waals surface area contributed by atoms with Crippen molar-refractivity contribution in [1.82, 2.24) is 4.98 Å². The van der Waals surface area contributed by atoms with Crippen molar-refractivity contribution in [2.45, 2.75) is 5.92 Å². The molecule has 1 atom stereocenters. The number of rotatable bonds is 1. The van der Waals surface area contributed by atoms with Crippen molar-refractivity contribution in [2.75, 3.05) is 6.79 Å². The molecule has 1 aromatic heterocycles. The summed E-state index contributed by atoms with van der Waals surface area (Å²) >= 11 is 0. The normalized spacial score (nSPS) is 16.8. The van der Waals surface area contributed by atoms with Gasteiger partial charge in [-0.2, -0.15) is 5.26 Å². The molecule has 2 aliphatic heterocycles. The largest absolute Gasteiger partial charge is 0.454 e. The van der Waals surface area contributed by atoms with Gasteiger partial charge in [-0.15, -0.1) is 0 Å². The van der Waals surface area contributed by atoms with Gasteiger partial charge in [-0.3, -0.25) is 4.79 Å². The Labute approximate surface area is 175 Å². The zero-order chi connectivity index (χ0) is 21.1. The van der Waals surface area contributed by atoms with E-state index < -0.39 is 5.92 Å². The fourth-order valence-electron chi connectivity index (χ4n) is 4.38. The molecule has 0 saturated carbocycles. The molecule has 7 nitrogen and oxygen atoms in total. The summed E-state index contributed by atoms with van der Waals surface area (Å²) in [7, 11) is 0. The molecule has 3 N–H and O–H groups in total. The van der Waals surface area contributed by atoms with Crippen LogP contribution >= 0.6 is 0 Å².